The number of benzene rings is 7. The fourth-order valence-electron chi connectivity index (χ4n) is 7.83. The van der Waals surface area contributed by atoms with Crippen molar-refractivity contribution in [2.45, 2.75) is 44.1 Å². The molecule has 1 atom stereocenters. The van der Waals surface area contributed by atoms with Gasteiger partial charge in [0.2, 0.25) is 0 Å². The second-order valence-electron chi connectivity index (χ2n) is 14.5. The first-order valence-corrected chi connectivity index (χ1v) is 17.6. The summed E-state index contributed by atoms with van der Waals surface area (Å²) in [6.07, 6.45) is 0. The van der Waals surface area contributed by atoms with Gasteiger partial charge in [-0.2, -0.15) is 0 Å². The molecule has 0 heterocycles. The predicted octanol–water partition coefficient (Wildman–Crippen LogP) is 11.8. The summed E-state index contributed by atoms with van der Waals surface area (Å²) in [7, 11) is 0. The molecule has 0 aliphatic heterocycles. The molecular weight excluding hydrogens is 607 g/mol. The lowest BCUT2D eigenvalue weighted by Gasteiger charge is -2.33. The minimum atomic E-state index is -0.520. The van der Waals surface area contributed by atoms with Crippen LogP contribution < -0.4 is 5.32 Å². The van der Waals surface area contributed by atoms with E-state index in [9.17, 15) is 4.79 Å². The fraction of sp³-hybridized carbons (Fsp3) is 0.146. The highest BCUT2D eigenvalue weighted by atomic mass is 16.1. The Hall–Kier alpha value is -5.73. The van der Waals surface area contributed by atoms with E-state index in [0.29, 0.717) is 0 Å². The highest BCUT2D eigenvalue weighted by molar-refractivity contribution is 6.19. The Labute approximate surface area is 295 Å². The van der Waals surface area contributed by atoms with Crippen LogP contribution in [0.3, 0.4) is 0 Å². The van der Waals surface area contributed by atoms with Crippen LogP contribution in [0.4, 0.5) is 5.69 Å². The molecule has 7 aromatic rings. The van der Waals surface area contributed by atoms with Crippen molar-refractivity contribution in [2.24, 2.45) is 0 Å². The monoisotopic (exact) mass is 647 g/mol. The van der Waals surface area contributed by atoms with Crippen molar-refractivity contribution >= 4 is 22.2 Å². The lowest BCUT2D eigenvalue weighted by atomic mass is 9.74. The van der Waals surface area contributed by atoms with Gasteiger partial charge >= 0.3 is 0 Å². The van der Waals surface area contributed by atoms with Crippen molar-refractivity contribution in [3.8, 4) is 0 Å². The maximum atomic E-state index is 14.5. The molecule has 0 fully saturated rings. The molecule has 0 amide bonds. The van der Waals surface area contributed by atoms with Gasteiger partial charge in [-0.3, -0.25) is 4.79 Å². The number of Topliss-reactive ketones (excluding diaryl/α,β-unsaturated/α-hetero) is 1. The molecule has 8 rings (SSSR count). The van der Waals surface area contributed by atoms with Gasteiger partial charge in [-0.25, -0.2) is 0 Å². The SMILES string of the molecule is CC(C)(C)c1cc(C(c2ccccc2)c2ccccc2)c(NC2C(=O)c3cccc4cccc2c34)c(C(c2ccccc2)c2ccccc2)c1. The lowest BCUT2D eigenvalue weighted by Crippen LogP contribution is -2.22. The van der Waals surface area contributed by atoms with Gasteiger partial charge in [0.1, 0.15) is 6.04 Å². The number of hydrogen-bond donors (Lipinski definition) is 1. The molecule has 50 heavy (non-hydrogen) atoms. The summed E-state index contributed by atoms with van der Waals surface area (Å²) in [6.45, 7) is 6.88. The number of ketones is 1. The van der Waals surface area contributed by atoms with Gasteiger partial charge in [0.25, 0.3) is 0 Å². The van der Waals surface area contributed by atoms with Crippen LogP contribution in [-0.4, -0.2) is 5.78 Å². The first kappa shape index (κ1) is 31.5. The Morgan fingerprint density at radius 3 is 1.36 bits per heavy atom. The third-order valence-electron chi connectivity index (χ3n) is 10.3. The molecule has 2 heteroatoms. The van der Waals surface area contributed by atoms with Gasteiger partial charge < -0.3 is 5.32 Å². The number of rotatable bonds is 8. The maximum absolute atomic E-state index is 14.5. The Bertz CT molecular complexity index is 2100. The molecule has 2 nitrogen and oxygen atoms in total. The first-order valence-electron chi connectivity index (χ1n) is 17.6. The minimum absolute atomic E-state index is 0.0807. The fourth-order valence-corrected chi connectivity index (χ4v) is 7.83. The Balaban J connectivity index is 1.46. The van der Waals surface area contributed by atoms with Crippen molar-refractivity contribution in [3.63, 3.8) is 0 Å². The molecule has 0 saturated carbocycles. The molecule has 0 radical (unpaired) electrons. The number of hydrogen-bond acceptors (Lipinski definition) is 2. The molecule has 0 bridgehead atoms. The van der Waals surface area contributed by atoms with E-state index in [-0.39, 0.29) is 23.0 Å². The maximum Gasteiger partial charge on any atom is 0.190 e. The number of carbonyl (C=O) groups excluding carboxylic acids is 1. The average molecular weight is 648 g/mol. The summed E-state index contributed by atoms with van der Waals surface area (Å²) >= 11 is 0. The van der Waals surface area contributed by atoms with Gasteiger partial charge in [0, 0.05) is 23.1 Å². The molecule has 0 saturated heterocycles. The predicted molar refractivity (Wildman–Crippen MR) is 207 cm³/mol. The molecule has 1 aliphatic carbocycles. The van der Waals surface area contributed by atoms with Gasteiger partial charge in [-0.1, -0.05) is 191 Å². The van der Waals surface area contributed by atoms with Crippen molar-refractivity contribution in [1.29, 1.82) is 0 Å². The van der Waals surface area contributed by atoms with E-state index < -0.39 is 6.04 Å². The van der Waals surface area contributed by atoms with E-state index in [4.69, 9.17) is 0 Å². The van der Waals surface area contributed by atoms with Gasteiger partial charge in [0.05, 0.1) is 0 Å². The summed E-state index contributed by atoms with van der Waals surface area (Å²) < 4.78 is 0. The molecule has 1 N–H and O–H groups in total. The zero-order valence-corrected chi connectivity index (χ0v) is 28.8. The molecule has 0 aromatic heterocycles. The van der Waals surface area contributed by atoms with Crippen LogP contribution in [0, 0.1) is 0 Å². The van der Waals surface area contributed by atoms with E-state index in [1.165, 1.54) is 27.8 Å². The second kappa shape index (κ2) is 12.9. The summed E-state index contributed by atoms with van der Waals surface area (Å²) in [6, 6.07) is 59.8. The van der Waals surface area contributed by atoms with Gasteiger partial charge in [-0.15, -0.1) is 0 Å². The highest BCUT2D eigenvalue weighted by Crippen LogP contribution is 2.48. The van der Waals surface area contributed by atoms with Gasteiger partial charge in [-0.05, 0) is 60.7 Å². The minimum Gasteiger partial charge on any atom is -0.371 e. The topological polar surface area (TPSA) is 29.1 Å². The quantitative estimate of drug-likeness (QED) is 0.166. The van der Waals surface area contributed by atoms with Crippen molar-refractivity contribution in [3.05, 3.63) is 220 Å². The van der Waals surface area contributed by atoms with E-state index in [2.05, 4.69) is 184 Å². The zero-order chi connectivity index (χ0) is 34.2. The van der Waals surface area contributed by atoms with Crippen LogP contribution in [-0.2, 0) is 5.41 Å². The van der Waals surface area contributed by atoms with E-state index in [1.54, 1.807) is 0 Å². The summed E-state index contributed by atoms with van der Waals surface area (Å²) in [4.78, 5) is 14.5. The Morgan fingerprint density at radius 1 is 0.520 bits per heavy atom. The lowest BCUT2D eigenvalue weighted by molar-refractivity contribution is 0.0977. The van der Waals surface area contributed by atoms with Crippen molar-refractivity contribution in [1.82, 2.24) is 0 Å². The normalized spacial score (nSPS) is 14.1. The van der Waals surface area contributed by atoms with E-state index >= 15 is 0 Å². The largest absolute Gasteiger partial charge is 0.371 e. The zero-order valence-electron chi connectivity index (χ0n) is 28.8. The van der Waals surface area contributed by atoms with Crippen LogP contribution in [0.15, 0.2) is 170 Å². The molecular formula is C48H41NO. The molecule has 0 spiro atoms. The third kappa shape index (κ3) is 5.71. The van der Waals surface area contributed by atoms with E-state index in [1.807, 2.05) is 12.1 Å². The number of anilines is 1. The molecule has 1 unspecified atom stereocenters. The van der Waals surface area contributed by atoms with Crippen LogP contribution in [0.1, 0.15) is 93.5 Å². The Kier molecular flexibility index (Phi) is 8.17. The third-order valence-corrected chi connectivity index (χ3v) is 10.3. The summed E-state index contributed by atoms with van der Waals surface area (Å²) in [5, 5.41) is 6.15. The average Bonchev–Trinajstić information content (AvgIpc) is 3.42. The van der Waals surface area contributed by atoms with Crippen LogP contribution in [0.2, 0.25) is 0 Å². The second-order valence-corrected chi connectivity index (χ2v) is 14.5. The Morgan fingerprint density at radius 2 is 0.940 bits per heavy atom. The smallest absolute Gasteiger partial charge is 0.190 e. The number of nitrogens with one attached hydrogen (secondary N) is 1. The molecule has 7 aromatic carbocycles. The van der Waals surface area contributed by atoms with Crippen LogP contribution in [0.5, 0.6) is 0 Å². The van der Waals surface area contributed by atoms with Crippen molar-refractivity contribution < 1.29 is 4.79 Å². The standard InChI is InChI=1S/C48H41NO/c1-48(2,3)37-30-40(42(32-18-8-4-9-19-32)33-20-10-5-11-21-33)45(49-46-38-28-16-26-36-27-17-29-39(44(36)38)47(46)50)41(31-37)43(34-22-12-6-13-23-34)35-24-14-7-15-25-35/h4-31,42-43,46,49H,1-3H3. The molecule has 1 aliphatic rings. The highest BCUT2D eigenvalue weighted by Gasteiger charge is 2.36. The van der Waals surface area contributed by atoms with Crippen LogP contribution >= 0.6 is 0 Å². The molecule has 244 valence electrons. The number of carbonyl (C=O) groups is 1. The summed E-state index contributed by atoms with van der Waals surface area (Å²) in [5.74, 6) is -0.0498. The summed E-state index contributed by atoms with van der Waals surface area (Å²) in [5.41, 5.74) is 11.1. The van der Waals surface area contributed by atoms with Gasteiger partial charge in [0.15, 0.2) is 5.78 Å². The van der Waals surface area contributed by atoms with Crippen LogP contribution in [0.25, 0.3) is 10.8 Å². The van der Waals surface area contributed by atoms with Crippen molar-refractivity contribution in [2.75, 3.05) is 5.32 Å². The van der Waals surface area contributed by atoms with E-state index in [0.717, 1.165) is 38.7 Å². The first-order chi connectivity index (χ1) is 24.4.